The van der Waals surface area contributed by atoms with Gasteiger partial charge in [0.25, 0.3) is 6.47 Å². The molecule has 0 unspecified atom stereocenters. The van der Waals surface area contributed by atoms with Gasteiger partial charge < -0.3 is 14.6 Å². The summed E-state index contributed by atoms with van der Waals surface area (Å²) in [4.78, 5) is 20.5. The molecule has 0 radical (unpaired) electrons. The summed E-state index contributed by atoms with van der Waals surface area (Å²) >= 11 is 0. The molecule has 120 valence electrons. The van der Waals surface area contributed by atoms with E-state index in [2.05, 4.69) is 0 Å². The van der Waals surface area contributed by atoms with Gasteiger partial charge in [-0.15, -0.1) is 0 Å². The first-order chi connectivity index (χ1) is 10.2. The molecule has 0 saturated carbocycles. The van der Waals surface area contributed by atoms with Crippen LogP contribution in [-0.2, 0) is 9.53 Å². The summed E-state index contributed by atoms with van der Waals surface area (Å²) in [6, 6.07) is 5.70. The zero-order valence-electron chi connectivity index (χ0n) is 13.4. The Morgan fingerprint density at radius 3 is 2.41 bits per heavy atom. The van der Waals surface area contributed by atoms with E-state index in [1.54, 1.807) is 13.3 Å². The summed E-state index contributed by atoms with van der Waals surface area (Å²) in [5.41, 5.74) is 1.33. The molecular formula is C16H21NO5. The number of carbonyl (C=O) groups excluding carboxylic acids is 1. The van der Waals surface area contributed by atoms with Crippen molar-refractivity contribution < 1.29 is 24.2 Å². The van der Waals surface area contributed by atoms with Crippen LogP contribution in [0.5, 0.6) is 5.75 Å². The second-order valence-electron chi connectivity index (χ2n) is 5.65. The predicted octanol–water partition coefficient (Wildman–Crippen LogP) is 3.44. The Balaban J connectivity index is 0.000000745. The first-order valence-electron chi connectivity index (χ1n) is 6.70. The normalized spacial score (nSPS) is 10.6. The number of benzene rings is 1. The summed E-state index contributed by atoms with van der Waals surface area (Å²) in [7, 11) is 1.63. The van der Waals surface area contributed by atoms with Crippen molar-refractivity contribution >= 4 is 23.5 Å². The summed E-state index contributed by atoms with van der Waals surface area (Å²) in [5.74, 6) is 0.784. The molecule has 1 heterocycles. The minimum atomic E-state index is -0.506. The van der Waals surface area contributed by atoms with Crippen molar-refractivity contribution in [3.63, 3.8) is 0 Å². The highest BCUT2D eigenvalue weighted by molar-refractivity contribution is 5.92. The molecule has 22 heavy (non-hydrogen) atoms. The van der Waals surface area contributed by atoms with Gasteiger partial charge in [0, 0.05) is 11.6 Å². The summed E-state index contributed by atoms with van der Waals surface area (Å²) < 4.78 is 12.2. The van der Waals surface area contributed by atoms with Crippen LogP contribution in [-0.4, -0.2) is 34.9 Å². The highest BCUT2D eigenvalue weighted by atomic mass is 16.6. The van der Waals surface area contributed by atoms with Crippen molar-refractivity contribution in [3.8, 4) is 5.75 Å². The van der Waals surface area contributed by atoms with Gasteiger partial charge in [-0.05, 0) is 51.5 Å². The molecule has 0 fully saturated rings. The van der Waals surface area contributed by atoms with Crippen LogP contribution in [0.15, 0.2) is 24.4 Å². The van der Waals surface area contributed by atoms with E-state index >= 15 is 0 Å². The minimum absolute atomic E-state index is 0.250. The standard InChI is InChI=1S/C15H19NO3.CH2O2/c1-10-8-12(18-5)9-11-6-7-16(13(10)11)14(17)19-15(2,3)4;2-1-3/h6-9H,1-5H3;1H,(H,2,3). The molecule has 0 aliphatic heterocycles. The minimum Gasteiger partial charge on any atom is -0.497 e. The summed E-state index contributed by atoms with van der Waals surface area (Å²) in [6.07, 6.45) is 1.36. The molecule has 0 aliphatic rings. The highest BCUT2D eigenvalue weighted by Gasteiger charge is 2.19. The van der Waals surface area contributed by atoms with Gasteiger partial charge in [0.1, 0.15) is 11.4 Å². The third kappa shape index (κ3) is 4.25. The lowest BCUT2D eigenvalue weighted by atomic mass is 10.1. The number of methoxy groups -OCH3 is 1. The van der Waals surface area contributed by atoms with Gasteiger partial charge in [0.2, 0.25) is 0 Å². The maximum atomic E-state index is 12.2. The number of nitrogens with zero attached hydrogens (tertiary/aromatic N) is 1. The number of aryl methyl sites for hydroxylation is 1. The van der Waals surface area contributed by atoms with Crippen molar-refractivity contribution in [3.05, 3.63) is 30.0 Å². The highest BCUT2D eigenvalue weighted by Crippen LogP contribution is 2.26. The smallest absolute Gasteiger partial charge is 0.418 e. The van der Waals surface area contributed by atoms with Gasteiger partial charge in [-0.3, -0.25) is 9.36 Å². The van der Waals surface area contributed by atoms with Crippen molar-refractivity contribution in [2.45, 2.75) is 33.3 Å². The molecule has 1 N–H and O–H groups in total. The van der Waals surface area contributed by atoms with E-state index in [1.807, 2.05) is 45.9 Å². The number of carboxylic acid groups (broad SMARTS) is 1. The Hall–Kier alpha value is -2.50. The number of carbonyl (C=O) groups is 2. The Labute approximate surface area is 129 Å². The van der Waals surface area contributed by atoms with Crippen molar-refractivity contribution in [1.82, 2.24) is 4.57 Å². The fraction of sp³-hybridized carbons (Fsp3) is 0.375. The molecule has 0 saturated heterocycles. The van der Waals surface area contributed by atoms with Crippen LogP contribution in [0, 0.1) is 6.92 Å². The zero-order valence-corrected chi connectivity index (χ0v) is 13.4. The molecule has 0 amide bonds. The van der Waals surface area contributed by atoms with Gasteiger partial charge in [0.15, 0.2) is 0 Å². The van der Waals surface area contributed by atoms with Gasteiger partial charge in [-0.25, -0.2) is 4.79 Å². The molecule has 2 aromatic rings. The number of fused-ring (bicyclic) bond motifs is 1. The lowest BCUT2D eigenvalue weighted by Gasteiger charge is -2.20. The van der Waals surface area contributed by atoms with Gasteiger partial charge in [-0.2, -0.15) is 0 Å². The topological polar surface area (TPSA) is 77.8 Å². The maximum absolute atomic E-state index is 12.2. The Morgan fingerprint density at radius 1 is 1.32 bits per heavy atom. The molecule has 0 aliphatic carbocycles. The number of hydrogen-bond donors (Lipinski definition) is 1. The molecule has 0 atom stereocenters. The molecule has 0 spiro atoms. The SMILES string of the molecule is COc1cc(C)c2c(ccn2C(=O)OC(C)(C)C)c1.O=CO. The molecular weight excluding hydrogens is 286 g/mol. The number of hydrogen-bond acceptors (Lipinski definition) is 4. The van der Waals surface area contributed by atoms with Crippen LogP contribution in [0.1, 0.15) is 26.3 Å². The number of ether oxygens (including phenoxy) is 2. The second kappa shape index (κ2) is 6.98. The summed E-state index contributed by atoms with van der Waals surface area (Å²) in [6.45, 7) is 7.26. The fourth-order valence-electron chi connectivity index (χ4n) is 2.04. The first-order valence-corrected chi connectivity index (χ1v) is 6.70. The van der Waals surface area contributed by atoms with Crippen LogP contribution in [0.2, 0.25) is 0 Å². The molecule has 2 rings (SSSR count). The number of aromatic nitrogens is 1. The van der Waals surface area contributed by atoms with Crippen LogP contribution >= 0.6 is 0 Å². The van der Waals surface area contributed by atoms with Crippen molar-refractivity contribution in [2.75, 3.05) is 7.11 Å². The lowest BCUT2D eigenvalue weighted by molar-refractivity contribution is -0.122. The van der Waals surface area contributed by atoms with E-state index in [4.69, 9.17) is 19.4 Å². The quantitative estimate of drug-likeness (QED) is 0.816. The van der Waals surface area contributed by atoms with Crippen molar-refractivity contribution in [2.24, 2.45) is 0 Å². The average Bonchev–Trinajstić information content (AvgIpc) is 2.82. The maximum Gasteiger partial charge on any atom is 0.418 e. The Bertz CT molecular complexity index is 667. The van der Waals surface area contributed by atoms with E-state index in [0.717, 1.165) is 22.2 Å². The average molecular weight is 307 g/mol. The fourth-order valence-corrected chi connectivity index (χ4v) is 2.04. The van der Waals surface area contributed by atoms with Crippen LogP contribution in [0.25, 0.3) is 10.9 Å². The van der Waals surface area contributed by atoms with E-state index in [1.165, 1.54) is 4.57 Å². The molecule has 6 nitrogen and oxygen atoms in total. The van der Waals surface area contributed by atoms with Crippen LogP contribution < -0.4 is 4.74 Å². The zero-order chi connectivity index (χ0) is 16.9. The molecule has 1 aromatic heterocycles. The molecule has 1 aromatic carbocycles. The third-order valence-electron chi connectivity index (χ3n) is 2.77. The van der Waals surface area contributed by atoms with E-state index < -0.39 is 5.60 Å². The molecule has 0 bridgehead atoms. The van der Waals surface area contributed by atoms with Crippen molar-refractivity contribution in [1.29, 1.82) is 0 Å². The van der Waals surface area contributed by atoms with E-state index in [0.29, 0.717) is 0 Å². The monoisotopic (exact) mass is 307 g/mol. The molecule has 6 heteroatoms. The number of rotatable bonds is 1. The Kier molecular flexibility index (Phi) is 5.56. The summed E-state index contributed by atoms with van der Waals surface area (Å²) in [5, 5.41) is 7.85. The first kappa shape index (κ1) is 17.6. The van der Waals surface area contributed by atoms with Gasteiger partial charge in [-0.1, -0.05) is 0 Å². The predicted molar refractivity (Wildman–Crippen MR) is 83.6 cm³/mol. The van der Waals surface area contributed by atoms with Crippen LogP contribution in [0.4, 0.5) is 4.79 Å². The van der Waals surface area contributed by atoms with Crippen LogP contribution in [0.3, 0.4) is 0 Å². The van der Waals surface area contributed by atoms with E-state index in [9.17, 15) is 4.79 Å². The van der Waals surface area contributed by atoms with Gasteiger partial charge in [0.05, 0.1) is 12.6 Å². The largest absolute Gasteiger partial charge is 0.497 e. The lowest BCUT2D eigenvalue weighted by Crippen LogP contribution is -2.26. The van der Waals surface area contributed by atoms with Gasteiger partial charge >= 0.3 is 6.09 Å². The second-order valence-corrected chi connectivity index (χ2v) is 5.65. The van der Waals surface area contributed by atoms with E-state index in [-0.39, 0.29) is 12.6 Å². The Morgan fingerprint density at radius 2 is 1.91 bits per heavy atom. The third-order valence-corrected chi connectivity index (χ3v) is 2.77.